The average molecular weight is 326 g/mol. The smallest absolute Gasteiger partial charge is 0.369 e. The van der Waals surface area contributed by atoms with Gasteiger partial charge in [-0.3, -0.25) is 0 Å². The Hall–Kier alpha value is -3.03. The summed E-state index contributed by atoms with van der Waals surface area (Å²) in [6.45, 7) is 4.26. The average Bonchev–Trinajstić information content (AvgIpc) is 2.93. The Morgan fingerprint density at radius 3 is 2.67 bits per heavy atom. The van der Waals surface area contributed by atoms with Crippen molar-refractivity contribution in [1.29, 1.82) is 0 Å². The predicted molar refractivity (Wildman–Crippen MR) is 87.1 cm³/mol. The van der Waals surface area contributed by atoms with Crippen molar-refractivity contribution in [3.05, 3.63) is 57.6 Å². The normalized spacial score (nSPS) is 10.8. The maximum Gasteiger partial charge on any atom is 0.369 e. The fourth-order valence-electron chi connectivity index (χ4n) is 2.38. The number of benzene rings is 1. The van der Waals surface area contributed by atoms with E-state index < -0.39 is 0 Å². The molecule has 24 heavy (non-hydrogen) atoms. The first-order valence-corrected chi connectivity index (χ1v) is 7.63. The standard InChI is InChI=1S/C16H18N6O2/c1-4-12-9-17-18-15(22-16(23)21(3)19-20-22)13(12)10-24-14-8-6-5-7-11(14)2/h5-9H,4,10H2,1-3H3. The molecule has 0 saturated carbocycles. The zero-order chi connectivity index (χ0) is 17.1. The highest BCUT2D eigenvalue weighted by molar-refractivity contribution is 5.38. The molecule has 0 N–H and O–H groups in total. The van der Waals surface area contributed by atoms with Gasteiger partial charge in [0.2, 0.25) is 0 Å². The van der Waals surface area contributed by atoms with Crippen LogP contribution in [0.3, 0.4) is 0 Å². The van der Waals surface area contributed by atoms with Crippen LogP contribution in [0.5, 0.6) is 5.75 Å². The summed E-state index contributed by atoms with van der Waals surface area (Å²) in [4.78, 5) is 12.1. The monoisotopic (exact) mass is 326 g/mol. The van der Waals surface area contributed by atoms with Gasteiger partial charge in [-0.25, -0.2) is 4.79 Å². The molecular formula is C16H18N6O2. The predicted octanol–water partition coefficient (Wildman–Crippen LogP) is 1.21. The lowest BCUT2D eigenvalue weighted by Gasteiger charge is -2.13. The molecule has 0 saturated heterocycles. The van der Waals surface area contributed by atoms with Gasteiger partial charge in [-0.15, -0.1) is 9.78 Å². The summed E-state index contributed by atoms with van der Waals surface area (Å²) in [5.41, 5.74) is 2.38. The molecule has 2 heterocycles. The molecular weight excluding hydrogens is 308 g/mol. The van der Waals surface area contributed by atoms with Crippen molar-refractivity contribution in [3.8, 4) is 11.6 Å². The zero-order valence-electron chi connectivity index (χ0n) is 13.8. The van der Waals surface area contributed by atoms with Gasteiger partial charge in [0.05, 0.1) is 6.20 Å². The summed E-state index contributed by atoms with van der Waals surface area (Å²) in [6, 6.07) is 7.76. The van der Waals surface area contributed by atoms with Crippen LogP contribution in [-0.4, -0.2) is 30.0 Å². The molecule has 0 unspecified atom stereocenters. The summed E-state index contributed by atoms with van der Waals surface area (Å²) < 4.78 is 8.22. The van der Waals surface area contributed by atoms with E-state index in [-0.39, 0.29) is 12.3 Å². The molecule has 3 aromatic rings. The van der Waals surface area contributed by atoms with Crippen molar-refractivity contribution in [3.63, 3.8) is 0 Å². The Bertz CT molecular complexity index is 915. The third-order valence-electron chi connectivity index (χ3n) is 3.79. The molecule has 8 nitrogen and oxygen atoms in total. The van der Waals surface area contributed by atoms with Gasteiger partial charge in [0.15, 0.2) is 5.82 Å². The van der Waals surface area contributed by atoms with E-state index in [1.165, 1.54) is 7.05 Å². The lowest BCUT2D eigenvalue weighted by molar-refractivity contribution is 0.301. The molecule has 0 fully saturated rings. The maximum atomic E-state index is 12.1. The van der Waals surface area contributed by atoms with Crippen molar-refractivity contribution < 1.29 is 4.74 Å². The highest BCUT2D eigenvalue weighted by atomic mass is 16.5. The molecule has 0 amide bonds. The van der Waals surface area contributed by atoms with E-state index in [0.717, 1.165) is 38.2 Å². The van der Waals surface area contributed by atoms with Crippen molar-refractivity contribution in [2.75, 3.05) is 0 Å². The number of tetrazole rings is 1. The lowest BCUT2D eigenvalue weighted by atomic mass is 10.1. The van der Waals surface area contributed by atoms with Gasteiger partial charge < -0.3 is 4.74 Å². The van der Waals surface area contributed by atoms with Crippen molar-refractivity contribution in [2.45, 2.75) is 26.9 Å². The Morgan fingerprint density at radius 1 is 1.21 bits per heavy atom. The van der Waals surface area contributed by atoms with Crippen LogP contribution in [0, 0.1) is 6.92 Å². The van der Waals surface area contributed by atoms with E-state index in [9.17, 15) is 4.79 Å². The van der Waals surface area contributed by atoms with Gasteiger partial charge in [-0.05, 0) is 41.0 Å². The number of hydrogen-bond donors (Lipinski definition) is 0. The second-order valence-corrected chi connectivity index (χ2v) is 5.38. The molecule has 0 spiro atoms. The second-order valence-electron chi connectivity index (χ2n) is 5.38. The van der Waals surface area contributed by atoms with Crippen LogP contribution >= 0.6 is 0 Å². The minimum atomic E-state index is -0.380. The van der Waals surface area contributed by atoms with E-state index in [0.29, 0.717) is 5.82 Å². The van der Waals surface area contributed by atoms with Crippen LogP contribution in [0.15, 0.2) is 35.3 Å². The number of rotatable bonds is 5. The van der Waals surface area contributed by atoms with Gasteiger partial charge in [0, 0.05) is 12.6 Å². The van der Waals surface area contributed by atoms with Crippen molar-refractivity contribution >= 4 is 0 Å². The Morgan fingerprint density at radius 2 is 2.00 bits per heavy atom. The van der Waals surface area contributed by atoms with Crippen LogP contribution < -0.4 is 10.4 Å². The molecule has 0 aliphatic heterocycles. The number of nitrogens with zero attached hydrogens (tertiary/aromatic N) is 6. The second kappa shape index (κ2) is 6.61. The SMILES string of the molecule is CCc1cnnc(-n2nnn(C)c2=O)c1COc1ccccc1C. The van der Waals surface area contributed by atoms with Gasteiger partial charge in [-0.1, -0.05) is 25.1 Å². The topological polar surface area (TPSA) is 87.7 Å². The van der Waals surface area contributed by atoms with Crippen LogP contribution in [-0.2, 0) is 20.1 Å². The number of aryl methyl sites for hydroxylation is 3. The van der Waals surface area contributed by atoms with Gasteiger partial charge >= 0.3 is 5.69 Å². The van der Waals surface area contributed by atoms with Crippen LogP contribution in [0.4, 0.5) is 0 Å². The molecule has 8 heteroatoms. The first-order chi connectivity index (χ1) is 11.6. The first kappa shape index (κ1) is 15.9. The zero-order valence-corrected chi connectivity index (χ0v) is 13.8. The maximum absolute atomic E-state index is 12.1. The minimum Gasteiger partial charge on any atom is -0.488 e. The highest BCUT2D eigenvalue weighted by Crippen LogP contribution is 2.21. The molecule has 3 rings (SSSR count). The quantitative estimate of drug-likeness (QED) is 0.700. The highest BCUT2D eigenvalue weighted by Gasteiger charge is 2.17. The third-order valence-corrected chi connectivity index (χ3v) is 3.79. The molecule has 124 valence electrons. The number of para-hydroxylation sites is 1. The Balaban J connectivity index is 2.01. The largest absolute Gasteiger partial charge is 0.488 e. The summed E-state index contributed by atoms with van der Waals surface area (Å²) in [5, 5.41) is 15.6. The number of aromatic nitrogens is 6. The van der Waals surface area contributed by atoms with E-state index >= 15 is 0 Å². The summed E-state index contributed by atoms with van der Waals surface area (Å²) in [5.74, 6) is 1.13. The molecule has 1 aromatic carbocycles. The number of ether oxygens (including phenoxy) is 1. The molecule has 0 aliphatic rings. The summed E-state index contributed by atoms with van der Waals surface area (Å²) in [7, 11) is 1.53. The minimum absolute atomic E-state index is 0.266. The lowest BCUT2D eigenvalue weighted by Crippen LogP contribution is -2.25. The van der Waals surface area contributed by atoms with Crippen molar-refractivity contribution in [1.82, 2.24) is 30.0 Å². The van der Waals surface area contributed by atoms with E-state index in [2.05, 4.69) is 20.6 Å². The van der Waals surface area contributed by atoms with Crippen LogP contribution in [0.25, 0.3) is 5.82 Å². The van der Waals surface area contributed by atoms with Gasteiger partial charge in [-0.2, -0.15) is 9.78 Å². The number of hydrogen-bond acceptors (Lipinski definition) is 6. The van der Waals surface area contributed by atoms with Crippen LogP contribution in [0.2, 0.25) is 0 Å². The Labute approximate surface area is 138 Å². The Kier molecular flexibility index (Phi) is 4.37. The van der Waals surface area contributed by atoms with Gasteiger partial charge in [0.1, 0.15) is 12.4 Å². The summed E-state index contributed by atoms with van der Waals surface area (Å²) >= 11 is 0. The molecule has 0 atom stereocenters. The van der Waals surface area contributed by atoms with Crippen LogP contribution in [0.1, 0.15) is 23.6 Å². The molecule has 0 aliphatic carbocycles. The first-order valence-electron chi connectivity index (χ1n) is 7.63. The fourth-order valence-corrected chi connectivity index (χ4v) is 2.38. The fraction of sp³-hybridized carbons (Fsp3) is 0.312. The summed E-state index contributed by atoms with van der Waals surface area (Å²) in [6.07, 6.45) is 2.42. The van der Waals surface area contributed by atoms with Gasteiger partial charge in [0.25, 0.3) is 0 Å². The van der Waals surface area contributed by atoms with Crippen molar-refractivity contribution in [2.24, 2.45) is 7.05 Å². The molecule has 0 radical (unpaired) electrons. The van der Waals surface area contributed by atoms with E-state index in [4.69, 9.17) is 4.74 Å². The molecule has 0 bridgehead atoms. The van der Waals surface area contributed by atoms with E-state index in [1.807, 2.05) is 38.1 Å². The van der Waals surface area contributed by atoms with E-state index in [1.54, 1.807) is 6.20 Å². The molecule has 2 aromatic heterocycles. The third kappa shape index (κ3) is 2.90.